The van der Waals surface area contributed by atoms with Gasteiger partial charge >= 0.3 is 0 Å². The minimum atomic E-state index is -0.587. The molecule has 0 aliphatic heterocycles. The SMILES string of the molecule is CC[C@H](Nc1nc(C)nc(C)c1C#N)c1nc2cccc(N(C)Cc3ccc(C(=O)NO)cc3)c2c(=O)n1-c1ccccc1. The lowest BCUT2D eigenvalue weighted by Crippen LogP contribution is -2.30. The number of hydrogen-bond donors (Lipinski definition) is 3. The first-order chi connectivity index (χ1) is 21.2. The van der Waals surface area contributed by atoms with E-state index in [4.69, 9.17) is 10.2 Å². The second-order valence-corrected chi connectivity index (χ2v) is 10.4. The number of nitrogens with zero attached hydrogens (tertiary/aromatic N) is 6. The molecule has 3 aromatic carbocycles. The smallest absolute Gasteiger partial charge is 0.274 e. The number of fused-ring (bicyclic) bond motifs is 1. The van der Waals surface area contributed by atoms with Crippen LogP contribution in [0, 0.1) is 25.2 Å². The van der Waals surface area contributed by atoms with Crippen LogP contribution in [0.4, 0.5) is 11.5 Å². The summed E-state index contributed by atoms with van der Waals surface area (Å²) in [5.74, 6) is 0.835. The van der Waals surface area contributed by atoms with Gasteiger partial charge in [-0.05, 0) is 62.2 Å². The number of para-hydroxylation sites is 1. The first-order valence-electron chi connectivity index (χ1n) is 14.1. The molecular formula is C33H32N8O3. The Balaban J connectivity index is 1.63. The van der Waals surface area contributed by atoms with Crippen LogP contribution in [0.2, 0.25) is 0 Å². The van der Waals surface area contributed by atoms with Crippen LogP contribution in [0.3, 0.4) is 0 Å². The van der Waals surface area contributed by atoms with Gasteiger partial charge in [-0.1, -0.05) is 43.3 Å². The molecule has 222 valence electrons. The molecule has 0 bridgehead atoms. The number of nitrogens with one attached hydrogen (secondary N) is 2. The molecule has 5 aromatic rings. The van der Waals surface area contributed by atoms with E-state index in [2.05, 4.69) is 21.4 Å². The van der Waals surface area contributed by atoms with Crippen molar-refractivity contribution in [2.75, 3.05) is 17.3 Å². The molecule has 0 saturated carbocycles. The van der Waals surface area contributed by atoms with E-state index in [0.717, 1.165) is 5.56 Å². The Bertz CT molecular complexity index is 1930. The second-order valence-electron chi connectivity index (χ2n) is 10.4. The number of rotatable bonds is 9. The fourth-order valence-electron chi connectivity index (χ4n) is 5.26. The highest BCUT2D eigenvalue weighted by Crippen LogP contribution is 2.29. The summed E-state index contributed by atoms with van der Waals surface area (Å²) < 4.78 is 1.62. The normalized spacial score (nSPS) is 11.5. The van der Waals surface area contributed by atoms with Crippen molar-refractivity contribution in [1.29, 1.82) is 5.26 Å². The molecule has 1 amide bonds. The lowest BCUT2D eigenvalue weighted by atomic mass is 10.1. The fraction of sp³-hybridized carbons (Fsp3) is 0.212. The number of aryl methyl sites for hydroxylation is 2. The van der Waals surface area contributed by atoms with Crippen LogP contribution in [0.25, 0.3) is 16.6 Å². The zero-order valence-electron chi connectivity index (χ0n) is 24.9. The van der Waals surface area contributed by atoms with Gasteiger partial charge in [0.15, 0.2) is 0 Å². The van der Waals surface area contributed by atoms with Gasteiger partial charge in [0.2, 0.25) is 0 Å². The van der Waals surface area contributed by atoms with Gasteiger partial charge in [0, 0.05) is 19.2 Å². The third-order valence-corrected chi connectivity index (χ3v) is 7.41. The summed E-state index contributed by atoms with van der Waals surface area (Å²) >= 11 is 0. The third-order valence-electron chi connectivity index (χ3n) is 7.41. The summed E-state index contributed by atoms with van der Waals surface area (Å²) in [4.78, 5) is 42.1. The van der Waals surface area contributed by atoms with Gasteiger partial charge in [-0.25, -0.2) is 20.4 Å². The largest absolute Gasteiger partial charge is 0.370 e. The summed E-state index contributed by atoms with van der Waals surface area (Å²) in [7, 11) is 1.89. The molecular weight excluding hydrogens is 556 g/mol. The highest BCUT2D eigenvalue weighted by molar-refractivity contribution is 5.93. The molecule has 11 nitrogen and oxygen atoms in total. The van der Waals surface area contributed by atoms with E-state index < -0.39 is 11.9 Å². The van der Waals surface area contributed by atoms with Crippen LogP contribution in [0.15, 0.2) is 77.6 Å². The number of hydrogen-bond acceptors (Lipinski definition) is 9. The van der Waals surface area contributed by atoms with Gasteiger partial charge in [0.25, 0.3) is 11.5 Å². The molecule has 0 spiro atoms. The molecule has 5 rings (SSSR count). The number of hydroxylamine groups is 1. The lowest BCUT2D eigenvalue weighted by Gasteiger charge is -2.25. The fourth-order valence-corrected chi connectivity index (χ4v) is 5.26. The Hall–Kier alpha value is -5.60. The molecule has 0 aliphatic carbocycles. The summed E-state index contributed by atoms with van der Waals surface area (Å²) in [6, 6.07) is 23.5. The van der Waals surface area contributed by atoms with E-state index >= 15 is 0 Å². The molecule has 2 heterocycles. The summed E-state index contributed by atoms with van der Waals surface area (Å²) in [5, 5.41) is 22.6. The van der Waals surface area contributed by atoms with Crippen molar-refractivity contribution >= 4 is 28.3 Å². The molecule has 2 aromatic heterocycles. The van der Waals surface area contributed by atoms with Crippen molar-refractivity contribution in [1.82, 2.24) is 25.0 Å². The second kappa shape index (κ2) is 12.7. The highest BCUT2D eigenvalue weighted by atomic mass is 16.5. The Morgan fingerprint density at radius 1 is 1.02 bits per heavy atom. The summed E-state index contributed by atoms with van der Waals surface area (Å²) in [6.07, 6.45) is 0.557. The Morgan fingerprint density at radius 3 is 2.41 bits per heavy atom. The topological polar surface area (TPSA) is 149 Å². The van der Waals surface area contributed by atoms with Gasteiger partial charge in [-0.2, -0.15) is 5.26 Å². The minimum absolute atomic E-state index is 0.232. The first-order valence-corrected chi connectivity index (χ1v) is 14.1. The van der Waals surface area contributed by atoms with Crippen LogP contribution in [-0.2, 0) is 6.54 Å². The van der Waals surface area contributed by atoms with Crippen molar-refractivity contribution in [3.8, 4) is 11.8 Å². The van der Waals surface area contributed by atoms with Crippen molar-refractivity contribution in [3.63, 3.8) is 0 Å². The van der Waals surface area contributed by atoms with Crippen molar-refractivity contribution in [2.24, 2.45) is 0 Å². The van der Waals surface area contributed by atoms with Crippen LogP contribution in [0.5, 0.6) is 0 Å². The van der Waals surface area contributed by atoms with Gasteiger partial charge in [0.1, 0.15) is 29.1 Å². The van der Waals surface area contributed by atoms with E-state index in [0.29, 0.717) is 69.5 Å². The monoisotopic (exact) mass is 588 g/mol. The maximum absolute atomic E-state index is 14.5. The van der Waals surface area contributed by atoms with Gasteiger partial charge in [0.05, 0.1) is 34.0 Å². The maximum atomic E-state index is 14.5. The standard InChI is InChI=1S/C33H32N8O3/c1-5-26(37-30-25(18-34)20(2)35-21(3)36-30)31-38-27-12-9-13-28(29(27)33(43)41(31)24-10-7-6-8-11-24)40(4)19-22-14-16-23(17-15-22)32(42)39-44/h6-17,26,44H,5,19H2,1-4H3,(H,39,42)(H,35,36,37)/t26-/m0/s1. The van der Waals surface area contributed by atoms with Crippen molar-refractivity contribution < 1.29 is 10.0 Å². The van der Waals surface area contributed by atoms with Gasteiger partial charge in [-0.15, -0.1) is 0 Å². The number of carbonyl (C=O) groups excluding carboxylic acids is 1. The number of carbonyl (C=O) groups is 1. The minimum Gasteiger partial charge on any atom is -0.370 e. The molecule has 3 N–H and O–H groups in total. The predicted molar refractivity (Wildman–Crippen MR) is 168 cm³/mol. The highest BCUT2D eigenvalue weighted by Gasteiger charge is 2.24. The van der Waals surface area contributed by atoms with Crippen LogP contribution in [-0.4, -0.2) is 37.7 Å². The van der Waals surface area contributed by atoms with Gasteiger partial charge in [-0.3, -0.25) is 19.4 Å². The molecule has 0 saturated heterocycles. The van der Waals surface area contributed by atoms with E-state index in [-0.39, 0.29) is 5.56 Å². The predicted octanol–water partition coefficient (Wildman–Crippen LogP) is 4.98. The lowest BCUT2D eigenvalue weighted by molar-refractivity contribution is 0.0706. The van der Waals surface area contributed by atoms with Crippen LogP contribution < -0.4 is 21.3 Å². The first kappa shape index (κ1) is 29.9. The van der Waals surface area contributed by atoms with Crippen molar-refractivity contribution in [3.05, 3.63) is 117 Å². The van der Waals surface area contributed by atoms with Gasteiger partial charge < -0.3 is 10.2 Å². The molecule has 0 aliphatic rings. The Labute approximate surface area is 254 Å². The molecule has 0 fully saturated rings. The zero-order valence-corrected chi connectivity index (χ0v) is 24.9. The number of amides is 1. The number of aromatic nitrogens is 4. The summed E-state index contributed by atoms with van der Waals surface area (Å²) in [6.45, 7) is 5.98. The molecule has 44 heavy (non-hydrogen) atoms. The van der Waals surface area contributed by atoms with E-state index in [1.165, 1.54) is 0 Å². The Kier molecular flexibility index (Phi) is 8.64. The quantitative estimate of drug-likeness (QED) is 0.160. The number of benzene rings is 3. The maximum Gasteiger partial charge on any atom is 0.274 e. The van der Waals surface area contributed by atoms with Crippen LogP contribution >= 0.6 is 0 Å². The zero-order chi connectivity index (χ0) is 31.4. The number of nitriles is 1. The average molecular weight is 589 g/mol. The molecule has 11 heteroatoms. The molecule has 0 radical (unpaired) electrons. The molecule has 1 atom stereocenters. The van der Waals surface area contributed by atoms with Crippen LogP contribution in [0.1, 0.15) is 58.2 Å². The summed E-state index contributed by atoms with van der Waals surface area (Å²) in [5.41, 5.74) is 5.45. The third kappa shape index (κ3) is 5.84. The van der Waals surface area contributed by atoms with Crippen molar-refractivity contribution in [2.45, 2.75) is 39.8 Å². The van der Waals surface area contributed by atoms with E-state index in [1.54, 1.807) is 48.2 Å². The Morgan fingerprint density at radius 2 is 1.75 bits per heavy atom. The molecule has 0 unspecified atom stereocenters. The van der Waals surface area contributed by atoms with E-state index in [9.17, 15) is 14.9 Å². The average Bonchev–Trinajstić information content (AvgIpc) is 3.03. The van der Waals surface area contributed by atoms with E-state index in [1.807, 2.05) is 67.4 Å². The number of anilines is 2.